The lowest BCUT2D eigenvalue weighted by molar-refractivity contribution is 0.530. The zero-order valence-electron chi connectivity index (χ0n) is 13.2. The standard InChI is InChI=1S/C20H25N/c1-3-7-17-10-11-20-19(13-17)12-16(2)14-21(20)15-18-8-5-4-6-9-18/h4-6,8-11,13,16H,3,7,12,14-15H2,1-2H3. The summed E-state index contributed by atoms with van der Waals surface area (Å²) in [5, 5.41) is 0. The van der Waals surface area contributed by atoms with Gasteiger partial charge in [-0.25, -0.2) is 0 Å². The lowest BCUT2D eigenvalue weighted by Gasteiger charge is -2.35. The first-order valence-electron chi connectivity index (χ1n) is 8.17. The van der Waals surface area contributed by atoms with Crippen LogP contribution in [0.4, 0.5) is 5.69 Å². The molecule has 0 N–H and O–H groups in total. The summed E-state index contributed by atoms with van der Waals surface area (Å²) in [4.78, 5) is 2.55. The second-order valence-corrected chi connectivity index (χ2v) is 6.39. The van der Waals surface area contributed by atoms with Gasteiger partial charge < -0.3 is 4.90 Å². The molecule has 0 radical (unpaired) electrons. The smallest absolute Gasteiger partial charge is 0.0429 e. The van der Waals surface area contributed by atoms with Gasteiger partial charge in [0.05, 0.1) is 0 Å². The van der Waals surface area contributed by atoms with E-state index in [9.17, 15) is 0 Å². The number of anilines is 1. The normalized spacial score (nSPS) is 17.6. The van der Waals surface area contributed by atoms with E-state index in [2.05, 4.69) is 67.3 Å². The summed E-state index contributed by atoms with van der Waals surface area (Å²) >= 11 is 0. The minimum Gasteiger partial charge on any atom is -0.367 e. The highest BCUT2D eigenvalue weighted by Crippen LogP contribution is 2.32. The van der Waals surface area contributed by atoms with Gasteiger partial charge in [-0.3, -0.25) is 0 Å². The molecule has 1 nitrogen and oxygen atoms in total. The van der Waals surface area contributed by atoms with Crippen LogP contribution in [0.1, 0.15) is 37.0 Å². The Labute approximate surface area is 128 Å². The van der Waals surface area contributed by atoms with Crippen LogP contribution in [0.25, 0.3) is 0 Å². The van der Waals surface area contributed by atoms with E-state index in [-0.39, 0.29) is 0 Å². The quantitative estimate of drug-likeness (QED) is 0.774. The van der Waals surface area contributed by atoms with E-state index in [1.165, 1.54) is 41.6 Å². The highest BCUT2D eigenvalue weighted by Gasteiger charge is 2.21. The van der Waals surface area contributed by atoms with Crippen LogP contribution in [0, 0.1) is 5.92 Å². The van der Waals surface area contributed by atoms with Gasteiger partial charge in [-0.2, -0.15) is 0 Å². The Bertz CT molecular complexity index is 588. The second-order valence-electron chi connectivity index (χ2n) is 6.39. The van der Waals surface area contributed by atoms with Gasteiger partial charge in [0, 0.05) is 18.8 Å². The van der Waals surface area contributed by atoms with Crippen molar-refractivity contribution in [3.63, 3.8) is 0 Å². The number of rotatable bonds is 4. The number of nitrogens with zero attached hydrogens (tertiary/aromatic N) is 1. The Hall–Kier alpha value is -1.76. The molecule has 1 aliphatic heterocycles. The molecule has 2 aromatic rings. The van der Waals surface area contributed by atoms with E-state index in [1.54, 1.807) is 0 Å². The topological polar surface area (TPSA) is 3.24 Å². The van der Waals surface area contributed by atoms with Gasteiger partial charge in [-0.1, -0.05) is 62.7 Å². The fraction of sp³-hybridized carbons (Fsp3) is 0.400. The molecule has 1 unspecified atom stereocenters. The molecule has 0 amide bonds. The van der Waals surface area contributed by atoms with E-state index >= 15 is 0 Å². The summed E-state index contributed by atoms with van der Waals surface area (Å²) in [6.07, 6.45) is 3.64. The van der Waals surface area contributed by atoms with Crippen LogP contribution in [-0.4, -0.2) is 6.54 Å². The number of benzene rings is 2. The zero-order valence-corrected chi connectivity index (χ0v) is 13.2. The number of aryl methyl sites for hydroxylation is 1. The summed E-state index contributed by atoms with van der Waals surface area (Å²) in [7, 11) is 0. The van der Waals surface area contributed by atoms with Gasteiger partial charge in [-0.15, -0.1) is 0 Å². The van der Waals surface area contributed by atoms with E-state index < -0.39 is 0 Å². The van der Waals surface area contributed by atoms with Crippen LogP contribution in [-0.2, 0) is 19.4 Å². The molecule has 0 aromatic heterocycles. The minimum atomic E-state index is 0.734. The Balaban J connectivity index is 1.87. The first-order valence-corrected chi connectivity index (χ1v) is 8.17. The fourth-order valence-electron chi connectivity index (χ4n) is 3.42. The molecule has 0 spiro atoms. The lowest BCUT2D eigenvalue weighted by atomic mass is 9.91. The predicted octanol–water partition coefficient (Wildman–Crippen LogP) is 4.84. The van der Waals surface area contributed by atoms with E-state index in [0.717, 1.165) is 19.0 Å². The molecule has 2 aromatic carbocycles. The summed E-state index contributed by atoms with van der Waals surface area (Å²) in [6, 6.07) is 17.9. The maximum Gasteiger partial charge on any atom is 0.0429 e. The SMILES string of the molecule is CCCc1ccc2c(c1)CC(C)CN2Cc1ccccc1. The van der Waals surface area contributed by atoms with Crippen LogP contribution >= 0.6 is 0 Å². The van der Waals surface area contributed by atoms with Gasteiger partial charge >= 0.3 is 0 Å². The summed E-state index contributed by atoms with van der Waals surface area (Å²) < 4.78 is 0. The van der Waals surface area contributed by atoms with E-state index in [4.69, 9.17) is 0 Å². The molecule has 3 rings (SSSR count). The van der Waals surface area contributed by atoms with Gasteiger partial charge in [0.2, 0.25) is 0 Å². The molecule has 1 aliphatic rings. The van der Waals surface area contributed by atoms with Crippen LogP contribution in [0.15, 0.2) is 48.5 Å². The molecular formula is C20H25N. The minimum absolute atomic E-state index is 0.734. The third-order valence-corrected chi connectivity index (χ3v) is 4.34. The first-order chi connectivity index (χ1) is 10.3. The van der Waals surface area contributed by atoms with Crippen molar-refractivity contribution in [2.45, 2.75) is 39.7 Å². The zero-order chi connectivity index (χ0) is 14.7. The van der Waals surface area contributed by atoms with E-state index in [1.807, 2.05) is 0 Å². The third-order valence-electron chi connectivity index (χ3n) is 4.34. The van der Waals surface area contributed by atoms with Crippen molar-refractivity contribution in [3.8, 4) is 0 Å². The van der Waals surface area contributed by atoms with Crippen molar-refractivity contribution in [1.82, 2.24) is 0 Å². The van der Waals surface area contributed by atoms with E-state index in [0.29, 0.717) is 0 Å². The van der Waals surface area contributed by atoms with Crippen LogP contribution in [0.3, 0.4) is 0 Å². The molecule has 1 heteroatoms. The van der Waals surface area contributed by atoms with Gasteiger partial charge in [-0.05, 0) is 41.5 Å². The van der Waals surface area contributed by atoms with Gasteiger partial charge in [0.15, 0.2) is 0 Å². The van der Waals surface area contributed by atoms with Crippen molar-refractivity contribution < 1.29 is 0 Å². The van der Waals surface area contributed by atoms with Crippen molar-refractivity contribution in [3.05, 3.63) is 65.2 Å². The lowest BCUT2D eigenvalue weighted by Crippen LogP contribution is -2.33. The van der Waals surface area contributed by atoms with Gasteiger partial charge in [0.25, 0.3) is 0 Å². The Kier molecular flexibility index (Phi) is 4.28. The molecule has 0 fully saturated rings. The second kappa shape index (κ2) is 6.34. The highest BCUT2D eigenvalue weighted by molar-refractivity contribution is 5.57. The Morgan fingerprint density at radius 2 is 1.86 bits per heavy atom. The molecule has 0 saturated heterocycles. The Morgan fingerprint density at radius 3 is 2.62 bits per heavy atom. The highest BCUT2D eigenvalue weighted by atomic mass is 15.1. The van der Waals surface area contributed by atoms with Crippen molar-refractivity contribution in [2.24, 2.45) is 5.92 Å². The monoisotopic (exact) mass is 279 g/mol. The maximum absolute atomic E-state index is 2.55. The summed E-state index contributed by atoms with van der Waals surface area (Å²) in [5.74, 6) is 0.734. The van der Waals surface area contributed by atoms with Gasteiger partial charge in [0.1, 0.15) is 0 Å². The molecular weight excluding hydrogens is 254 g/mol. The fourth-order valence-corrected chi connectivity index (χ4v) is 3.42. The number of fused-ring (bicyclic) bond motifs is 1. The average molecular weight is 279 g/mol. The molecule has 1 atom stereocenters. The summed E-state index contributed by atoms with van der Waals surface area (Å²) in [5.41, 5.74) is 5.87. The van der Waals surface area contributed by atoms with Crippen molar-refractivity contribution in [1.29, 1.82) is 0 Å². The summed E-state index contributed by atoms with van der Waals surface area (Å²) in [6.45, 7) is 6.80. The van der Waals surface area contributed by atoms with Crippen molar-refractivity contribution >= 4 is 5.69 Å². The largest absolute Gasteiger partial charge is 0.367 e. The average Bonchev–Trinajstić information content (AvgIpc) is 2.48. The molecule has 0 saturated carbocycles. The molecule has 1 heterocycles. The van der Waals surface area contributed by atoms with Crippen LogP contribution < -0.4 is 4.90 Å². The molecule has 21 heavy (non-hydrogen) atoms. The number of hydrogen-bond acceptors (Lipinski definition) is 1. The predicted molar refractivity (Wildman–Crippen MR) is 90.8 cm³/mol. The third kappa shape index (κ3) is 3.29. The molecule has 110 valence electrons. The maximum atomic E-state index is 2.55. The van der Waals surface area contributed by atoms with Crippen LogP contribution in [0.2, 0.25) is 0 Å². The number of hydrogen-bond donors (Lipinski definition) is 0. The van der Waals surface area contributed by atoms with Crippen molar-refractivity contribution in [2.75, 3.05) is 11.4 Å². The first kappa shape index (κ1) is 14.2. The van der Waals surface area contributed by atoms with Crippen LogP contribution in [0.5, 0.6) is 0 Å². The molecule has 0 bridgehead atoms. The molecule has 0 aliphatic carbocycles. The Morgan fingerprint density at radius 1 is 1.05 bits per heavy atom.